The highest BCUT2D eigenvalue weighted by Crippen LogP contribution is 2.43. The minimum Gasteiger partial charge on any atom is -0.341 e. The lowest BCUT2D eigenvalue weighted by atomic mass is 10.1. The maximum atomic E-state index is 12.7. The first kappa shape index (κ1) is 16.5. The van der Waals surface area contributed by atoms with Crippen molar-refractivity contribution in [3.8, 4) is 0 Å². The van der Waals surface area contributed by atoms with Crippen LogP contribution in [0.4, 0.5) is 5.69 Å². The van der Waals surface area contributed by atoms with Gasteiger partial charge in [-0.25, -0.2) is 0 Å². The second kappa shape index (κ2) is 6.46. The van der Waals surface area contributed by atoms with E-state index in [0.717, 1.165) is 12.2 Å². The molecular weight excluding hydrogens is 352 g/mol. The van der Waals surface area contributed by atoms with Crippen molar-refractivity contribution in [1.82, 2.24) is 4.57 Å². The van der Waals surface area contributed by atoms with E-state index in [-0.39, 0.29) is 11.3 Å². The maximum Gasteiger partial charge on any atom is 0.238 e. The summed E-state index contributed by atoms with van der Waals surface area (Å²) in [5.41, 5.74) is 4.61. The summed E-state index contributed by atoms with van der Waals surface area (Å²) in [5.74, 6) is 0.696. The summed E-state index contributed by atoms with van der Waals surface area (Å²) in [6, 6.07) is 25.2. The number of thioether (sulfide) groups is 1. The van der Waals surface area contributed by atoms with Gasteiger partial charge in [-0.1, -0.05) is 48.5 Å². The number of amides is 1. The number of carbonyl (C=O) groups is 1. The third-order valence-electron chi connectivity index (χ3n) is 5.30. The summed E-state index contributed by atoms with van der Waals surface area (Å²) in [6.45, 7) is 3.10. The lowest BCUT2D eigenvalue weighted by Crippen LogP contribution is -2.27. The molecule has 0 N–H and O–H groups in total. The number of nitrogens with zero attached hydrogens (tertiary/aromatic N) is 2. The van der Waals surface area contributed by atoms with Gasteiger partial charge in [0, 0.05) is 34.0 Å². The van der Waals surface area contributed by atoms with Crippen LogP contribution in [0.5, 0.6) is 0 Å². The Morgan fingerprint density at radius 1 is 0.926 bits per heavy atom. The van der Waals surface area contributed by atoms with Crippen molar-refractivity contribution < 1.29 is 4.79 Å². The zero-order valence-electron chi connectivity index (χ0n) is 15.1. The van der Waals surface area contributed by atoms with Crippen LogP contribution in [0.2, 0.25) is 0 Å². The molecule has 134 valence electrons. The molecule has 4 aromatic rings. The number of fused-ring (bicyclic) bond motifs is 3. The molecule has 1 aliphatic heterocycles. The Bertz CT molecular complexity index is 1150. The Balaban J connectivity index is 1.68. The zero-order chi connectivity index (χ0) is 18.4. The highest BCUT2D eigenvalue weighted by Gasteiger charge is 2.34. The first-order valence-electron chi connectivity index (χ1n) is 9.27. The highest BCUT2D eigenvalue weighted by molar-refractivity contribution is 8.00. The van der Waals surface area contributed by atoms with Gasteiger partial charge in [0.05, 0.1) is 5.75 Å². The van der Waals surface area contributed by atoms with Crippen LogP contribution in [0.3, 0.4) is 0 Å². The fourth-order valence-electron chi connectivity index (χ4n) is 4.10. The van der Waals surface area contributed by atoms with Crippen molar-refractivity contribution in [3.05, 3.63) is 78.4 Å². The summed E-state index contributed by atoms with van der Waals surface area (Å²) >= 11 is 1.70. The second-order valence-corrected chi connectivity index (χ2v) is 7.87. The van der Waals surface area contributed by atoms with Crippen LogP contribution in [0, 0.1) is 0 Å². The molecule has 0 saturated carbocycles. The molecule has 27 heavy (non-hydrogen) atoms. The molecule has 0 spiro atoms. The summed E-state index contributed by atoms with van der Waals surface area (Å²) in [4.78, 5) is 14.7. The largest absolute Gasteiger partial charge is 0.341 e. The van der Waals surface area contributed by atoms with Gasteiger partial charge in [0.25, 0.3) is 0 Å². The Hall–Kier alpha value is -2.72. The molecule has 3 nitrogen and oxygen atoms in total. The molecule has 4 heteroatoms. The number of benzene rings is 3. The summed E-state index contributed by atoms with van der Waals surface area (Å²) < 4.78 is 2.34. The van der Waals surface area contributed by atoms with E-state index in [1.165, 1.54) is 27.4 Å². The van der Waals surface area contributed by atoms with E-state index in [2.05, 4.69) is 66.1 Å². The van der Waals surface area contributed by atoms with Gasteiger partial charge in [0.1, 0.15) is 5.37 Å². The number of anilines is 1. The van der Waals surface area contributed by atoms with E-state index in [4.69, 9.17) is 0 Å². The first-order chi connectivity index (χ1) is 13.3. The van der Waals surface area contributed by atoms with E-state index < -0.39 is 0 Å². The fourth-order valence-corrected chi connectivity index (χ4v) is 5.28. The molecular formula is C23H20N2OS. The average molecular weight is 372 g/mol. The molecule has 0 aliphatic carbocycles. The average Bonchev–Trinajstić information content (AvgIpc) is 3.26. The SMILES string of the molecule is CCn1c2ccccc2c2cc(N3C(=O)CSC3c3ccccc3)ccc21. The second-order valence-electron chi connectivity index (χ2n) is 6.80. The number of para-hydroxylation sites is 1. The van der Waals surface area contributed by atoms with E-state index in [1.807, 2.05) is 23.1 Å². The molecule has 1 fully saturated rings. The quantitative estimate of drug-likeness (QED) is 0.468. The first-order valence-corrected chi connectivity index (χ1v) is 10.3. The molecule has 1 saturated heterocycles. The van der Waals surface area contributed by atoms with Gasteiger partial charge >= 0.3 is 0 Å². The van der Waals surface area contributed by atoms with Crippen molar-refractivity contribution in [3.63, 3.8) is 0 Å². The number of aryl methyl sites for hydroxylation is 1. The molecule has 0 bridgehead atoms. The topological polar surface area (TPSA) is 25.2 Å². The predicted molar refractivity (Wildman–Crippen MR) is 114 cm³/mol. The number of hydrogen-bond donors (Lipinski definition) is 0. The van der Waals surface area contributed by atoms with Gasteiger partial charge in [0.15, 0.2) is 0 Å². The molecule has 1 atom stereocenters. The Morgan fingerprint density at radius 2 is 1.67 bits per heavy atom. The number of aromatic nitrogens is 1. The Labute approximate surface area is 162 Å². The van der Waals surface area contributed by atoms with Crippen LogP contribution in [-0.4, -0.2) is 16.2 Å². The normalized spacial score (nSPS) is 17.3. The molecule has 1 amide bonds. The van der Waals surface area contributed by atoms with Gasteiger partial charge in [-0.3, -0.25) is 9.69 Å². The highest BCUT2D eigenvalue weighted by atomic mass is 32.2. The smallest absolute Gasteiger partial charge is 0.238 e. The molecule has 1 aromatic heterocycles. The Kier molecular flexibility index (Phi) is 3.94. The summed E-state index contributed by atoms with van der Waals surface area (Å²) in [6.07, 6.45) is 0. The molecule has 3 aromatic carbocycles. The predicted octanol–water partition coefficient (Wildman–Crippen LogP) is 5.59. The van der Waals surface area contributed by atoms with Crippen molar-refractivity contribution in [2.75, 3.05) is 10.7 Å². The van der Waals surface area contributed by atoms with Crippen LogP contribution in [0.25, 0.3) is 21.8 Å². The molecule has 2 heterocycles. The number of rotatable bonds is 3. The minimum atomic E-state index is 0.0377. The monoisotopic (exact) mass is 372 g/mol. The molecule has 1 unspecified atom stereocenters. The van der Waals surface area contributed by atoms with E-state index in [1.54, 1.807) is 11.8 Å². The molecule has 1 aliphatic rings. The van der Waals surface area contributed by atoms with Crippen LogP contribution in [-0.2, 0) is 11.3 Å². The third-order valence-corrected chi connectivity index (χ3v) is 6.52. The van der Waals surface area contributed by atoms with Crippen molar-refractivity contribution in [2.45, 2.75) is 18.8 Å². The standard InChI is InChI=1S/C23H20N2OS/c1-2-24-20-11-7-6-10-18(20)19-14-17(12-13-21(19)24)25-22(26)15-27-23(25)16-8-4-3-5-9-16/h3-14,23H,2,15H2,1H3. The molecule has 5 rings (SSSR count). The maximum absolute atomic E-state index is 12.7. The summed E-state index contributed by atoms with van der Waals surface area (Å²) in [7, 11) is 0. The van der Waals surface area contributed by atoms with Gasteiger partial charge in [-0.2, -0.15) is 0 Å². The van der Waals surface area contributed by atoms with Gasteiger partial charge in [-0.15, -0.1) is 11.8 Å². The van der Waals surface area contributed by atoms with Gasteiger partial charge in [0.2, 0.25) is 5.91 Å². The van der Waals surface area contributed by atoms with E-state index in [0.29, 0.717) is 5.75 Å². The fraction of sp³-hybridized carbons (Fsp3) is 0.174. The van der Waals surface area contributed by atoms with Crippen LogP contribution >= 0.6 is 11.8 Å². The van der Waals surface area contributed by atoms with Crippen molar-refractivity contribution in [2.24, 2.45) is 0 Å². The lowest BCUT2D eigenvalue weighted by Gasteiger charge is -2.24. The van der Waals surface area contributed by atoms with Gasteiger partial charge in [-0.05, 0) is 36.8 Å². The van der Waals surface area contributed by atoms with Crippen LogP contribution < -0.4 is 4.90 Å². The van der Waals surface area contributed by atoms with Crippen molar-refractivity contribution >= 4 is 45.2 Å². The van der Waals surface area contributed by atoms with Crippen LogP contribution in [0.1, 0.15) is 17.9 Å². The van der Waals surface area contributed by atoms with E-state index in [9.17, 15) is 4.79 Å². The van der Waals surface area contributed by atoms with Crippen LogP contribution in [0.15, 0.2) is 72.8 Å². The number of hydrogen-bond acceptors (Lipinski definition) is 2. The minimum absolute atomic E-state index is 0.0377. The summed E-state index contributed by atoms with van der Waals surface area (Å²) in [5, 5.41) is 2.49. The number of carbonyl (C=O) groups excluding carboxylic acids is 1. The van der Waals surface area contributed by atoms with Crippen molar-refractivity contribution in [1.29, 1.82) is 0 Å². The van der Waals surface area contributed by atoms with E-state index >= 15 is 0 Å². The third kappa shape index (κ3) is 2.55. The van der Waals surface area contributed by atoms with Gasteiger partial charge < -0.3 is 4.57 Å². The molecule has 0 radical (unpaired) electrons. The zero-order valence-corrected chi connectivity index (χ0v) is 15.9. The lowest BCUT2D eigenvalue weighted by molar-refractivity contribution is -0.115. The Morgan fingerprint density at radius 3 is 2.48 bits per heavy atom.